The number of nitrogens with zero attached hydrogens (tertiary/aromatic N) is 1. The third kappa shape index (κ3) is 4.88. The SMILES string of the molecule is CSc1cccc(NC(=O)C2CCCCN2S(=O)(=O)c2ccc(C(C)=O)cc2)c1. The number of amides is 1. The molecule has 1 atom stereocenters. The highest BCUT2D eigenvalue weighted by atomic mass is 32.2. The van der Waals surface area contributed by atoms with Crippen molar-refractivity contribution in [2.75, 3.05) is 18.1 Å². The van der Waals surface area contributed by atoms with E-state index >= 15 is 0 Å². The van der Waals surface area contributed by atoms with Crippen LogP contribution in [0.15, 0.2) is 58.3 Å². The van der Waals surface area contributed by atoms with Crippen molar-refractivity contribution in [3.8, 4) is 0 Å². The largest absolute Gasteiger partial charge is 0.325 e. The molecule has 8 heteroatoms. The van der Waals surface area contributed by atoms with Gasteiger partial charge in [-0.05, 0) is 56.4 Å². The van der Waals surface area contributed by atoms with Gasteiger partial charge in [-0.1, -0.05) is 24.6 Å². The summed E-state index contributed by atoms with van der Waals surface area (Å²) in [5, 5.41) is 2.86. The number of Topliss-reactive ketones (excluding diaryl/α,β-unsaturated/α-hetero) is 1. The Labute approximate surface area is 175 Å². The fourth-order valence-corrected chi connectivity index (χ4v) is 5.49. The minimum atomic E-state index is -3.85. The summed E-state index contributed by atoms with van der Waals surface area (Å²) in [7, 11) is -3.85. The summed E-state index contributed by atoms with van der Waals surface area (Å²) >= 11 is 1.57. The van der Waals surface area contributed by atoms with Crippen LogP contribution in [0.2, 0.25) is 0 Å². The molecule has 2 aromatic carbocycles. The van der Waals surface area contributed by atoms with Gasteiger partial charge in [0.1, 0.15) is 6.04 Å². The van der Waals surface area contributed by atoms with E-state index in [0.717, 1.165) is 11.3 Å². The Morgan fingerprint density at radius 1 is 1.10 bits per heavy atom. The Kier molecular flexibility index (Phi) is 6.77. The molecule has 2 aromatic rings. The van der Waals surface area contributed by atoms with Gasteiger partial charge in [-0.15, -0.1) is 11.8 Å². The molecule has 1 fully saturated rings. The van der Waals surface area contributed by atoms with E-state index in [1.54, 1.807) is 17.8 Å². The Hall–Kier alpha value is -2.16. The monoisotopic (exact) mass is 432 g/mol. The van der Waals surface area contributed by atoms with Crippen LogP contribution in [0.25, 0.3) is 0 Å². The first-order valence-electron chi connectivity index (χ1n) is 9.40. The highest BCUT2D eigenvalue weighted by molar-refractivity contribution is 7.98. The number of ketones is 1. The van der Waals surface area contributed by atoms with E-state index in [9.17, 15) is 18.0 Å². The van der Waals surface area contributed by atoms with Gasteiger partial charge in [0.2, 0.25) is 15.9 Å². The molecule has 1 aliphatic rings. The number of benzene rings is 2. The summed E-state index contributed by atoms with van der Waals surface area (Å²) < 4.78 is 27.7. The second kappa shape index (κ2) is 9.11. The first-order valence-corrected chi connectivity index (χ1v) is 12.1. The van der Waals surface area contributed by atoms with Gasteiger partial charge in [-0.2, -0.15) is 4.31 Å². The summed E-state index contributed by atoms with van der Waals surface area (Å²) in [4.78, 5) is 25.5. The number of carbonyl (C=O) groups is 2. The Morgan fingerprint density at radius 3 is 2.48 bits per heavy atom. The van der Waals surface area contributed by atoms with Gasteiger partial charge in [0, 0.05) is 22.7 Å². The lowest BCUT2D eigenvalue weighted by atomic mass is 10.0. The number of sulfonamides is 1. The van der Waals surface area contributed by atoms with Gasteiger partial charge in [-0.25, -0.2) is 8.42 Å². The number of rotatable bonds is 6. The van der Waals surface area contributed by atoms with E-state index in [0.29, 0.717) is 30.6 Å². The summed E-state index contributed by atoms with van der Waals surface area (Å²) in [5.41, 5.74) is 1.10. The minimum Gasteiger partial charge on any atom is -0.325 e. The number of anilines is 1. The lowest BCUT2D eigenvalue weighted by molar-refractivity contribution is -0.120. The summed E-state index contributed by atoms with van der Waals surface area (Å²) in [6.45, 7) is 1.72. The number of carbonyl (C=O) groups excluding carboxylic acids is 2. The third-order valence-electron chi connectivity index (χ3n) is 4.96. The Bertz CT molecular complexity index is 1000. The topological polar surface area (TPSA) is 83.6 Å². The van der Waals surface area contributed by atoms with Crippen LogP contribution in [0.5, 0.6) is 0 Å². The zero-order chi connectivity index (χ0) is 21.0. The zero-order valence-corrected chi connectivity index (χ0v) is 18.1. The lowest BCUT2D eigenvalue weighted by Gasteiger charge is -2.33. The molecule has 1 aliphatic heterocycles. The maximum absolute atomic E-state index is 13.2. The van der Waals surface area contributed by atoms with E-state index in [1.165, 1.54) is 35.5 Å². The van der Waals surface area contributed by atoms with Crippen molar-refractivity contribution in [3.05, 3.63) is 54.1 Å². The van der Waals surface area contributed by atoms with Crippen molar-refractivity contribution in [1.29, 1.82) is 0 Å². The first kappa shape index (κ1) is 21.5. The summed E-state index contributed by atoms with van der Waals surface area (Å²) in [6.07, 6.45) is 3.92. The lowest BCUT2D eigenvalue weighted by Crippen LogP contribution is -2.49. The van der Waals surface area contributed by atoms with E-state index < -0.39 is 16.1 Å². The molecule has 0 aliphatic carbocycles. The zero-order valence-electron chi connectivity index (χ0n) is 16.4. The van der Waals surface area contributed by atoms with Gasteiger partial charge < -0.3 is 5.32 Å². The number of piperidine rings is 1. The number of nitrogens with one attached hydrogen (secondary N) is 1. The standard InChI is InChI=1S/C21H24N2O4S2/c1-15(24)16-9-11-19(12-10-16)29(26,27)23-13-4-3-8-20(23)21(25)22-17-6-5-7-18(14-17)28-2/h5-7,9-12,14,20H,3-4,8,13H2,1-2H3,(H,22,25). The number of thioether (sulfide) groups is 1. The highest BCUT2D eigenvalue weighted by Crippen LogP contribution is 2.27. The quantitative estimate of drug-likeness (QED) is 0.555. The molecule has 3 rings (SSSR count). The van der Waals surface area contributed by atoms with Crippen LogP contribution in [0.3, 0.4) is 0 Å². The minimum absolute atomic E-state index is 0.0894. The molecule has 1 N–H and O–H groups in total. The molecular formula is C21H24N2O4S2. The molecule has 0 spiro atoms. The molecule has 1 unspecified atom stereocenters. The van der Waals surface area contributed by atoms with Gasteiger partial charge in [-0.3, -0.25) is 9.59 Å². The van der Waals surface area contributed by atoms with E-state index in [2.05, 4.69) is 5.32 Å². The van der Waals surface area contributed by atoms with Crippen LogP contribution >= 0.6 is 11.8 Å². The molecule has 0 bridgehead atoms. The first-order chi connectivity index (χ1) is 13.8. The average Bonchev–Trinajstić information content (AvgIpc) is 2.74. The maximum atomic E-state index is 13.2. The molecule has 0 radical (unpaired) electrons. The van der Waals surface area contributed by atoms with E-state index in [-0.39, 0.29) is 16.6 Å². The van der Waals surface area contributed by atoms with E-state index in [4.69, 9.17) is 0 Å². The van der Waals surface area contributed by atoms with Gasteiger partial charge in [0.15, 0.2) is 5.78 Å². The molecule has 0 saturated carbocycles. The van der Waals surface area contributed by atoms with Crippen LogP contribution in [0.1, 0.15) is 36.5 Å². The Balaban J connectivity index is 1.84. The normalized spacial score (nSPS) is 17.7. The highest BCUT2D eigenvalue weighted by Gasteiger charge is 2.37. The molecule has 29 heavy (non-hydrogen) atoms. The molecule has 6 nitrogen and oxygen atoms in total. The van der Waals surface area contributed by atoms with Crippen LogP contribution in [-0.4, -0.2) is 43.3 Å². The molecule has 0 aromatic heterocycles. The van der Waals surface area contributed by atoms with Gasteiger partial charge in [0.05, 0.1) is 4.90 Å². The fourth-order valence-electron chi connectivity index (χ4n) is 3.38. The molecule has 1 amide bonds. The molecular weight excluding hydrogens is 408 g/mol. The summed E-state index contributed by atoms with van der Waals surface area (Å²) in [6, 6.07) is 12.6. The van der Waals surface area contributed by atoms with Crippen LogP contribution in [0, 0.1) is 0 Å². The van der Waals surface area contributed by atoms with Crippen molar-refractivity contribution in [2.45, 2.75) is 42.0 Å². The average molecular weight is 433 g/mol. The molecule has 1 heterocycles. The van der Waals surface area contributed by atoms with Crippen LogP contribution < -0.4 is 5.32 Å². The van der Waals surface area contributed by atoms with Gasteiger partial charge >= 0.3 is 0 Å². The van der Waals surface area contributed by atoms with E-state index in [1.807, 2.05) is 24.5 Å². The number of hydrogen-bond donors (Lipinski definition) is 1. The Morgan fingerprint density at radius 2 is 1.83 bits per heavy atom. The van der Waals surface area contributed by atoms with Crippen molar-refractivity contribution in [2.24, 2.45) is 0 Å². The second-order valence-electron chi connectivity index (χ2n) is 6.93. The van der Waals surface area contributed by atoms with Crippen LogP contribution in [-0.2, 0) is 14.8 Å². The molecule has 1 saturated heterocycles. The van der Waals surface area contributed by atoms with Crippen molar-refractivity contribution < 1.29 is 18.0 Å². The fraction of sp³-hybridized carbons (Fsp3) is 0.333. The maximum Gasteiger partial charge on any atom is 0.243 e. The predicted octanol–water partition coefficient (Wildman–Crippen LogP) is 3.79. The van der Waals surface area contributed by atoms with Crippen molar-refractivity contribution in [3.63, 3.8) is 0 Å². The van der Waals surface area contributed by atoms with Crippen LogP contribution in [0.4, 0.5) is 5.69 Å². The predicted molar refractivity (Wildman–Crippen MR) is 115 cm³/mol. The van der Waals surface area contributed by atoms with Crippen molar-refractivity contribution in [1.82, 2.24) is 4.31 Å². The third-order valence-corrected chi connectivity index (χ3v) is 7.61. The molecule has 154 valence electrons. The number of hydrogen-bond acceptors (Lipinski definition) is 5. The van der Waals surface area contributed by atoms with Crippen molar-refractivity contribution >= 4 is 39.2 Å². The second-order valence-corrected chi connectivity index (χ2v) is 9.70. The smallest absolute Gasteiger partial charge is 0.243 e. The van der Waals surface area contributed by atoms with Gasteiger partial charge in [0.25, 0.3) is 0 Å². The summed E-state index contributed by atoms with van der Waals surface area (Å²) in [5.74, 6) is -0.455.